The van der Waals surface area contributed by atoms with E-state index in [0.717, 1.165) is 12.8 Å². The van der Waals surface area contributed by atoms with Gasteiger partial charge in [-0.25, -0.2) is 4.39 Å². The molecule has 1 aromatic rings. The molecule has 0 radical (unpaired) electrons. The molecular formula is C15H16ClFO. The van der Waals surface area contributed by atoms with Crippen LogP contribution in [0.1, 0.15) is 37.7 Å². The second kappa shape index (κ2) is 6.66. The predicted molar refractivity (Wildman–Crippen MR) is 71.5 cm³/mol. The minimum Gasteiger partial charge on any atom is -0.490 e. The lowest BCUT2D eigenvalue weighted by molar-refractivity contribution is 0.154. The van der Waals surface area contributed by atoms with Gasteiger partial charge < -0.3 is 4.74 Å². The van der Waals surface area contributed by atoms with Crippen molar-refractivity contribution in [2.24, 2.45) is 0 Å². The lowest BCUT2D eigenvalue weighted by Gasteiger charge is -2.23. The molecule has 1 saturated carbocycles. The highest BCUT2D eigenvalue weighted by atomic mass is 35.5. The minimum absolute atomic E-state index is 0.208. The number of benzene rings is 1. The Kier molecular flexibility index (Phi) is 4.90. The number of alkyl halides is 1. The van der Waals surface area contributed by atoms with Crippen LogP contribution in [0.15, 0.2) is 18.2 Å². The number of rotatable bonds is 2. The Morgan fingerprint density at radius 1 is 1.28 bits per heavy atom. The predicted octanol–water partition coefficient (Wildman–Crippen LogP) is 4.13. The van der Waals surface area contributed by atoms with E-state index in [1.165, 1.54) is 25.3 Å². The van der Waals surface area contributed by atoms with E-state index in [4.69, 9.17) is 16.3 Å². The average Bonchev–Trinajstić information content (AvgIpc) is 2.39. The van der Waals surface area contributed by atoms with Crippen LogP contribution in [-0.4, -0.2) is 12.0 Å². The van der Waals surface area contributed by atoms with Gasteiger partial charge in [0.15, 0.2) is 0 Å². The Bertz CT molecular complexity index is 455. The highest BCUT2D eigenvalue weighted by molar-refractivity contribution is 6.19. The normalized spacial score (nSPS) is 15.9. The second-order valence-corrected chi connectivity index (χ2v) is 4.72. The topological polar surface area (TPSA) is 9.23 Å². The summed E-state index contributed by atoms with van der Waals surface area (Å²) in [6.45, 7) is 0. The Labute approximate surface area is 112 Å². The Hall–Kier alpha value is -1.20. The van der Waals surface area contributed by atoms with Crippen LogP contribution in [-0.2, 0) is 0 Å². The van der Waals surface area contributed by atoms with Gasteiger partial charge in [0, 0.05) is 6.07 Å². The lowest BCUT2D eigenvalue weighted by Crippen LogP contribution is -2.19. The van der Waals surface area contributed by atoms with Crippen LogP contribution in [0.4, 0.5) is 4.39 Å². The third kappa shape index (κ3) is 3.65. The van der Waals surface area contributed by atoms with Crippen molar-refractivity contribution in [1.82, 2.24) is 0 Å². The Morgan fingerprint density at radius 3 is 2.72 bits per heavy atom. The third-order valence-corrected chi connectivity index (χ3v) is 3.22. The van der Waals surface area contributed by atoms with Gasteiger partial charge in [-0.15, -0.1) is 11.6 Å². The van der Waals surface area contributed by atoms with E-state index >= 15 is 0 Å². The van der Waals surface area contributed by atoms with Gasteiger partial charge in [0.1, 0.15) is 11.6 Å². The quantitative estimate of drug-likeness (QED) is 0.578. The van der Waals surface area contributed by atoms with Gasteiger partial charge in [0.05, 0.1) is 17.5 Å². The van der Waals surface area contributed by atoms with E-state index in [0.29, 0.717) is 11.3 Å². The molecule has 0 spiro atoms. The first kappa shape index (κ1) is 13.2. The maximum absolute atomic E-state index is 13.7. The summed E-state index contributed by atoms with van der Waals surface area (Å²) in [4.78, 5) is 0. The summed E-state index contributed by atoms with van der Waals surface area (Å²) in [5, 5.41) is 0. The molecule has 1 aromatic carbocycles. The monoisotopic (exact) mass is 266 g/mol. The van der Waals surface area contributed by atoms with E-state index in [1.54, 1.807) is 12.1 Å². The van der Waals surface area contributed by atoms with Gasteiger partial charge in [-0.05, 0) is 37.8 Å². The molecule has 1 nitrogen and oxygen atoms in total. The lowest BCUT2D eigenvalue weighted by atomic mass is 9.98. The molecule has 1 aliphatic carbocycles. The van der Waals surface area contributed by atoms with Gasteiger partial charge in [0.2, 0.25) is 0 Å². The zero-order valence-corrected chi connectivity index (χ0v) is 11.0. The van der Waals surface area contributed by atoms with E-state index in [1.807, 2.05) is 0 Å². The van der Waals surface area contributed by atoms with Crippen LogP contribution >= 0.6 is 11.6 Å². The van der Waals surface area contributed by atoms with Crippen LogP contribution in [0.25, 0.3) is 0 Å². The van der Waals surface area contributed by atoms with Gasteiger partial charge in [-0.3, -0.25) is 0 Å². The first-order valence-electron chi connectivity index (χ1n) is 6.30. The fourth-order valence-electron chi connectivity index (χ4n) is 2.17. The molecule has 0 bridgehead atoms. The molecule has 2 rings (SSSR count). The maximum Gasteiger partial charge on any atom is 0.142 e. The zero-order valence-electron chi connectivity index (χ0n) is 10.2. The Morgan fingerprint density at radius 2 is 2.06 bits per heavy atom. The van der Waals surface area contributed by atoms with Crippen molar-refractivity contribution < 1.29 is 9.13 Å². The molecule has 0 atom stereocenters. The SMILES string of the molecule is Fc1cc(OC2CCCCC2)ccc1C#CCCl. The van der Waals surface area contributed by atoms with Gasteiger partial charge in [-0.1, -0.05) is 18.3 Å². The van der Waals surface area contributed by atoms with Crippen molar-refractivity contribution in [3.63, 3.8) is 0 Å². The maximum atomic E-state index is 13.7. The fraction of sp³-hybridized carbons (Fsp3) is 0.467. The summed E-state index contributed by atoms with van der Waals surface area (Å²) in [7, 11) is 0. The number of ether oxygens (including phenoxy) is 1. The van der Waals surface area contributed by atoms with Crippen molar-refractivity contribution in [1.29, 1.82) is 0 Å². The molecule has 1 fully saturated rings. The fourth-order valence-corrected chi connectivity index (χ4v) is 2.24. The standard InChI is InChI=1S/C15H16ClFO/c16-10-4-5-12-8-9-14(11-15(12)17)18-13-6-2-1-3-7-13/h8-9,11,13H,1-3,6-7,10H2. The molecule has 0 aromatic heterocycles. The van der Waals surface area contributed by atoms with E-state index in [2.05, 4.69) is 11.8 Å². The summed E-state index contributed by atoms with van der Waals surface area (Å²) in [5.41, 5.74) is 0.367. The molecule has 1 aliphatic rings. The Balaban J connectivity index is 2.03. The van der Waals surface area contributed by atoms with Crippen LogP contribution in [0.5, 0.6) is 5.75 Å². The second-order valence-electron chi connectivity index (χ2n) is 4.45. The number of halogens is 2. The zero-order chi connectivity index (χ0) is 12.8. The van der Waals surface area contributed by atoms with Crippen molar-refractivity contribution in [3.05, 3.63) is 29.6 Å². The van der Waals surface area contributed by atoms with Crippen LogP contribution < -0.4 is 4.74 Å². The molecule has 0 unspecified atom stereocenters. The minimum atomic E-state index is -0.346. The largest absolute Gasteiger partial charge is 0.490 e. The third-order valence-electron chi connectivity index (χ3n) is 3.09. The molecule has 18 heavy (non-hydrogen) atoms. The number of hydrogen-bond donors (Lipinski definition) is 0. The summed E-state index contributed by atoms with van der Waals surface area (Å²) >= 11 is 5.44. The molecular weight excluding hydrogens is 251 g/mol. The number of hydrogen-bond acceptors (Lipinski definition) is 1. The smallest absolute Gasteiger partial charge is 0.142 e. The first-order chi connectivity index (χ1) is 8.79. The van der Waals surface area contributed by atoms with E-state index in [-0.39, 0.29) is 17.8 Å². The van der Waals surface area contributed by atoms with Crippen molar-refractivity contribution in [2.75, 3.05) is 5.88 Å². The van der Waals surface area contributed by atoms with E-state index in [9.17, 15) is 4.39 Å². The molecule has 0 amide bonds. The highest BCUT2D eigenvalue weighted by Crippen LogP contribution is 2.24. The molecule has 0 aliphatic heterocycles. The highest BCUT2D eigenvalue weighted by Gasteiger charge is 2.15. The molecule has 96 valence electrons. The van der Waals surface area contributed by atoms with Crippen LogP contribution in [0.2, 0.25) is 0 Å². The van der Waals surface area contributed by atoms with Crippen LogP contribution in [0, 0.1) is 17.7 Å². The van der Waals surface area contributed by atoms with Gasteiger partial charge >= 0.3 is 0 Å². The summed E-state index contributed by atoms with van der Waals surface area (Å²) < 4.78 is 19.5. The van der Waals surface area contributed by atoms with Crippen molar-refractivity contribution >= 4 is 11.6 Å². The summed E-state index contributed by atoms with van der Waals surface area (Å²) in [5.74, 6) is 5.78. The summed E-state index contributed by atoms with van der Waals surface area (Å²) in [6.07, 6.45) is 6.04. The average molecular weight is 267 g/mol. The first-order valence-corrected chi connectivity index (χ1v) is 6.84. The molecule has 3 heteroatoms. The molecule has 0 N–H and O–H groups in total. The van der Waals surface area contributed by atoms with Crippen LogP contribution in [0.3, 0.4) is 0 Å². The molecule has 0 heterocycles. The van der Waals surface area contributed by atoms with Crippen molar-refractivity contribution in [3.8, 4) is 17.6 Å². The van der Waals surface area contributed by atoms with Gasteiger partial charge in [0.25, 0.3) is 0 Å². The van der Waals surface area contributed by atoms with Crippen molar-refractivity contribution in [2.45, 2.75) is 38.2 Å². The van der Waals surface area contributed by atoms with Gasteiger partial charge in [-0.2, -0.15) is 0 Å². The summed E-state index contributed by atoms with van der Waals surface area (Å²) in [6, 6.07) is 4.83. The van der Waals surface area contributed by atoms with E-state index < -0.39 is 0 Å². The molecule has 0 saturated heterocycles.